The Bertz CT molecular complexity index is 1210. The molecule has 0 amide bonds. The highest BCUT2D eigenvalue weighted by molar-refractivity contribution is 5.95. The quantitative estimate of drug-likeness (QED) is 0.408. The van der Waals surface area contributed by atoms with Crippen molar-refractivity contribution >= 4 is 22.4 Å². The highest BCUT2D eigenvalue weighted by atomic mass is 16.5. The van der Waals surface area contributed by atoms with Crippen molar-refractivity contribution in [2.75, 3.05) is 18.1 Å². The van der Waals surface area contributed by atoms with E-state index in [-0.39, 0.29) is 12.0 Å². The summed E-state index contributed by atoms with van der Waals surface area (Å²) in [5, 5.41) is 14.0. The maximum atomic E-state index is 13.5. The van der Waals surface area contributed by atoms with E-state index >= 15 is 0 Å². The number of para-hydroxylation sites is 1. The van der Waals surface area contributed by atoms with Gasteiger partial charge in [0.05, 0.1) is 12.2 Å². The number of allylic oxidation sites excluding steroid dienone is 1. The maximum Gasteiger partial charge on any atom is 0.338 e. The van der Waals surface area contributed by atoms with Crippen LogP contribution >= 0.6 is 0 Å². The fraction of sp³-hybridized carbons (Fsp3) is 0.387. The third kappa shape index (κ3) is 5.59. The van der Waals surface area contributed by atoms with E-state index in [2.05, 4.69) is 56.0 Å². The van der Waals surface area contributed by atoms with Crippen molar-refractivity contribution in [2.45, 2.75) is 59.5 Å². The van der Waals surface area contributed by atoms with E-state index in [1.807, 2.05) is 43.3 Å². The Hall–Kier alpha value is -3.11. The molecule has 3 aromatic carbocycles. The molecule has 1 aliphatic rings. The third-order valence-electron chi connectivity index (χ3n) is 6.56. The molecule has 4 nitrogen and oxygen atoms in total. The summed E-state index contributed by atoms with van der Waals surface area (Å²) >= 11 is 0. The first-order chi connectivity index (χ1) is 16.8. The molecule has 0 aromatic heterocycles. The Balaban J connectivity index is 1.99. The van der Waals surface area contributed by atoms with E-state index in [1.165, 1.54) is 5.56 Å². The molecule has 0 fully saturated rings. The molecule has 1 aliphatic carbocycles. The summed E-state index contributed by atoms with van der Waals surface area (Å²) in [6.07, 6.45) is 2.46. The standard InChI is InChI=1S/C31H37NO3/c1-5-35-30(34)28-27(32(21-31(2,3)4)23-15-7-6-8-16-23)20-10-9-13-22-14-11-18-25-24(22)17-12-19-26(25)29(28)33/h6-8,11-12,14-19,29,33H,5,9-10,13,20-21H2,1-4H3/b28-27-. The van der Waals surface area contributed by atoms with Gasteiger partial charge in [0.1, 0.15) is 6.10 Å². The van der Waals surface area contributed by atoms with E-state index in [0.29, 0.717) is 18.5 Å². The number of aliphatic hydroxyl groups is 1. The summed E-state index contributed by atoms with van der Waals surface area (Å²) in [5.41, 5.74) is 4.21. The highest BCUT2D eigenvalue weighted by Gasteiger charge is 2.32. The zero-order valence-corrected chi connectivity index (χ0v) is 21.4. The molecule has 0 saturated heterocycles. The van der Waals surface area contributed by atoms with Gasteiger partial charge in [-0.2, -0.15) is 0 Å². The lowest BCUT2D eigenvalue weighted by molar-refractivity contribution is -0.139. The van der Waals surface area contributed by atoms with Crippen molar-refractivity contribution in [3.63, 3.8) is 0 Å². The Morgan fingerprint density at radius 1 is 0.943 bits per heavy atom. The summed E-state index contributed by atoms with van der Waals surface area (Å²) < 4.78 is 5.57. The van der Waals surface area contributed by atoms with Crippen molar-refractivity contribution in [2.24, 2.45) is 5.41 Å². The van der Waals surface area contributed by atoms with E-state index < -0.39 is 12.1 Å². The number of rotatable bonds is 5. The molecular weight excluding hydrogens is 434 g/mol. The lowest BCUT2D eigenvalue weighted by Gasteiger charge is -2.36. The lowest BCUT2D eigenvalue weighted by atomic mass is 9.91. The summed E-state index contributed by atoms with van der Waals surface area (Å²) in [5.74, 6) is -0.447. The lowest BCUT2D eigenvalue weighted by Crippen LogP contribution is -2.35. The number of esters is 1. The first-order valence-corrected chi connectivity index (χ1v) is 12.7. The number of anilines is 1. The summed E-state index contributed by atoms with van der Waals surface area (Å²) in [6, 6.07) is 22.5. The molecule has 35 heavy (non-hydrogen) atoms. The van der Waals surface area contributed by atoms with Crippen LogP contribution in [0.2, 0.25) is 0 Å². The number of benzene rings is 3. The number of carbonyl (C=O) groups is 1. The number of aliphatic hydroxyl groups excluding tert-OH is 1. The summed E-state index contributed by atoms with van der Waals surface area (Å²) in [7, 11) is 0. The molecule has 3 aromatic rings. The van der Waals surface area contributed by atoms with Crippen LogP contribution in [0.4, 0.5) is 5.69 Å². The highest BCUT2D eigenvalue weighted by Crippen LogP contribution is 2.38. The average molecular weight is 472 g/mol. The summed E-state index contributed by atoms with van der Waals surface area (Å²) in [4.78, 5) is 15.8. The molecule has 0 aliphatic heterocycles. The van der Waals surface area contributed by atoms with Gasteiger partial charge in [-0.15, -0.1) is 0 Å². The molecule has 0 spiro atoms. The summed E-state index contributed by atoms with van der Waals surface area (Å²) in [6.45, 7) is 9.36. The molecule has 1 unspecified atom stereocenters. The zero-order valence-electron chi connectivity index (χ0n) is 21.4. The molecule has 4 rings (SSSR count). The topological polar surface area (TPSA) is 49.8 Å². The first-order valence-electron chi connectivity index (χ1n) is 12.7. The monoisotopic (exact) mass is 471 g/mol. The molecule has 1 N–H and O–H groups in total. The predicted octanol–water partition coefficient (Wildman–Crippen LogP) is 6.97. The van der Waals surface area contributed by atoms with Crippen LogP contribution in [-0.4, -0.2) is 24.2 Å². The Morgan fingerprint density at radius 3 is 2.34 bits per heavy atom. The third-order valence-corrected chi connectivity index (χ3v) is 6.56. The minimum Gasteiger partial charge on any atom is -0.462 e. The van der Waals surface area contributed by atoms with Crippen LogP contribution in [0.5, 0.6) is 0 Å². The predicted molar refractivity (Wildman–Crippen MR) is 143 cm³/mol. The van der Waals surface area contributed by atoms with Crippen LogP contribution in [0.1, 0.15) is 64.2 Å². The number of carbonyl (C=O) groups excluding carboxylic acids is 1. The molecule has 0 heterocycles. The molecule has 0 radical (unpaired) electrons. The van der Waals surface area contributed by atoms with Gasteiger partial charge in [-0.3, -0.25) is 0 Å². The van der Waals surface area contributed by atoms with Gasteiger partial charge in [-0.05, 0) is 72.1 Å². The molecule has 1 atom stereocenters. The number of hydrogen-bond acceptors (Lipinski definition) is 4. The zero-order chi connectivity index (χ0) is 25.0. The van der Waals surface area contributed by atoms with Crippen LogP contribution in [0.3, 0.4) is 0 Å². The van der Waals surface area contributed by atoms with Crippen LogP contribution in [-0.2, 0) is 16.0 Å². The van der Waals surface area contributed by atoms with Crippen molar-refractivity contribution in [1.29, 1.82) is 0 Å². The average Bonchev–Trinajstić information content (AvgIpc) is 2.84. The Labute approximate surface area is 209 Å². The second-order valence-corrected chi connectivity index (χ2v) is 10.5. The molecule has 0 saturated carbocycles. The van der Waals surface area contributed by atoms with Crippen LogP contribution in [0, 0.1) is 5.41 Å². The smallest absolute Gasteiger partial charge is 0.338 e. The minimum absolute atomic E-state index is 0.0353. The van der Waals surface area contributed by atoms with E-state index in [9.17, 15) is 9.90 Å². The molecule has 184 valence electrons. The van der Waals surface area contributed by atoms with Crippen LogP contribution in [0.25, 0.3) is 10.8 Å². The number of nitrogens with zero attached hydrogens (tertiary/aromatic N) is 1. The van der Waals surface area contributed by atoms with E-state index in [1.54, 1.807) is 0 Å². The molecule has 4 bridgehead atoms. The van der Waals surface area contributed by atoms with Crippen molar-refractivity contribution < 1.29 is 14.6 Å². The van der Waals surface area contributed by atoms with Crippen LogP contribution < -0.4 is 4.90 Å². The first kappa shape index (κ1) is 25.0. The Morgan fingerprint density at radius 2 is 1.63 bits per heavy atom. The van der Waals surface area contributed by atoms with Crippen LogP contribution in [0.15, 0.2) is 78.0 Å². The fourth-order valence-corrected chi connectivity index (χ4v) is 5.06. The fourth-order valence-electron chi connectivity index (χ4n) is 5.06. The largest absolute Gasteiger partial charge is 0.462 e. The van der Waals surface area contributed by atoms with E-state index in [0.717, 1.165) is 47.0 Å². The Kier molecular flexibility index (Phi) is 7.61. The second-order valence-electron chi connectivity index (χ2n) is 10.5. The number of hydrogen-bond donors (Lipinski definition) is 1. The van der Waals surface area contributed by atoms with Gasteiger partial charge in [0.15, 0.2) is 0 Å². The minimum atomic E-state index is -1.09. The molecule has 4 heteroatoms. The van der Waals surface area contributed by atoms with Gasteiger partial charge in [0, 0.05) is 17.9 Å². The molecular formula is C31H37NO3. The van der Waals surface area contributed by atoms with Gasteiger partial charge in [-0.1, -0.05) is 75.4 Å². The van der Waals surface area contributed by atoms with Gasteiger partial charge in [0.25, 0.3) is 0 Å². The normalized spacial score (nSPS) is 18.8. The van der Waals surface area contributed by atoms with Gasteiger partial charge in [0.2, 0.25) is 0 Å². The van der Waals surface area contributed by atoms with Crippen molar-refractivity contribution in [1.82, 2.24) is 0 Å². The number of aryl methyl sites for hydroxylation is 1. The maximum absolute atomic E-state index is 13.5. The van der Waals surface area contributed by atoms with E-state index in [4.69, 9.17) is 4.74 Å². The number of ether oxygens (including phenoxy) is 1. The SMILES string of the molecule is CCOC(=O)/C1=C(\N(CC(C)(C)C)c2ccccc2)CCCCc2cccc3c(cccc23)C1O. The van der Waals surface area contributed by atoms with Gasteiger partial charge >= 0.3 is 5.97 Å². The van der Waals surface area contributed by atoms with Gasteiger partial charge < -0.3 is 14.7 Å². The van der Waals surface area contributed by atoms with Gasteiger partial charge in [-0.25, -0.2) is 4.79 Å². The van der Waals surface area contributed by atoms with Crippen molar-refractivity contribution in [3.8, 4) is 0 Å². The van der Waals surface area contributed by atoms with Crippen molar-refractivity contribution in [3.05, 3.63) is 89.1 Å². The second kappa shape index (κ2) is 10.7.